The van der Waals surface area contributed by atoms with Crippen LogP contribution in [0.25, 0.3) is 10.8 Å². The summed E-state index contributed by atoms with van der Waals surface area (Å²) in [5, 5.41) is 1.23. The van der Waals surface area contributed by atoms with Crippen LogP contribution < -0.4 is 14.9 Å². The van der Waals surface area contributed by atoms with Crippen molar-refractivity contribution in [3.05, 3.63) is 53.1 Å². The lowest BCUT2D eigenvalue weighted by Gasteiger charge is -2.32. The second-order valence-corrected chi connectivity index (χ2v) is 10.1. The molecule has 1 aliphatic heterocycles. The van der Waals surface area contributed by atoms with Crippen LogP contribution in [0.4, 0.5) is 21.7 Å². The van der Waals surface area contributed by atoms with Gasteiger partial charge in [-0.15, -0.1) is 0 Å². The number of nitrogens with zero attached hydrogens (tertiary/aromatic N) is 5. The number of ether oxygens (including phenoxy) is 1. The molecule has 1 fully saturated rings. The third kappa shape index (κ3) is 5.22. The molecule has 11 nitrogen and oxygen atoms in total. The van der Waals surface area contributed by atoms with Gasteiger partial charge in [0.05, 0.1) is 24.0 Å². The number of anilines is 3. The van der Waals surface area contributed by atoms with Crippen molar-refractivity contribution in [1.82, 2.24) is 14.9 Å². The molecule has 0 radical (unpaired) electrons. The summed E-state index contributed by atoms with van der Waals surface area (Å²) < 4.78 is 45.3. The molecule has 3 atom stereocenters. The minimum Gasteiger partial charge on any atom is -0.755 e. The predicted octanol–water partition coefficient (Wildman–Crippen LogP) is 2.06. The molecule has 14 heteroatoms. The van der Waals surface area contributed by atoms with E-state index in [0.29, 0.717) is 16.6 Å². The summed E-state index contributed by atoms with van der Waals surface area (Å²) in [6, 6.07) is 3.47. The molecule has 0 saturated carbocycles. The van der Waals surface area contributed by atoms with Gasteiger partial charge in [-0.05, 0) is 41.6 Å². The molecule has 38 heavy (non-hydrogen) atoms. The summed E-state index contributed by atoms with van der Waals surface area (Å²) in [6.45, 7) is 0.0416. The fourth-order valence-electron chi connectivity index (χ4n) is 4.54. The van der Waals surface area contributed by atoms with Gasteiger partial charge >= 0.3 is 5.97 Å². The Balaban J connectivity index is 1.65. The summed E-state index contributed by atoms with van der Waals surface area (Å²) in [4.78, 5) is 37.3. The number of carbonyl (C=O) groups excluding carboxylic acids is 2. The summed E-state index contributed by atoms with van der Waals surface area (Å²) >= 11 is 3.42. The van der Waals surface area contributed by atoms with E-state index in [1.165, 1.54) is 35.5 Å². The van der Waals surface area contributed by atoms with Gasteiger partial charge in [-0.2, -0.15) is 0 Å². The lowest BCUT2D eigenvalue weighted by atomic mass is 10.0. The number of fused-ring (bicyclic) bond motifs is 1. The van der Waals surface area contributed by atoms with Crippen molar-refractivity contribution in [2.75, 3.05) is 42.7 Å². The largest absolute Gasteiger partial charge is 0.755 e. The maximum absolute atomic E-state index is 15.0. The first-order valence-electron chi connectivity index (χ1n) is 11.5. The molecule has 202 valence electrons. The van der Waals surface area contributed by atoms with Crippen LogP contribution in [0.5, 0.6) is 0 Å². The molecule has 2 N–H and O–H groups in total. The number of esters is 1. The highest BCUT2D eigenvalue weighted by atomic mass is 35.5. The molecule has 0 aliphatic carbocycles. The molecule has 2 aromatic heterocycles. The van der Waals surface area contributed by atoms with Crippen molar-refractivity contribution in [3.63, 3.8) is 0 Å². The Labute approximate surface area is 225 Å². The molecule has 1 aliphatic rings. The molecular weight excluding hydrogens is 539 g/mol. The van der Waals surface area contributed by atoms with E-state index in [1.54, 1.807) is 25.1 Å². The molecule has 3 aromatic rings. The van der Waals surface area contributed by atoms with Gasteiger partial charge in [0.2, 0.25) is 5.91 Å². The predicted molar refractivity (Wildman–Crippen MR) is 141 cm³/mol. The quantitative estimate of drug-likeness (QED) is 0.321. The summed E-state index contributed by atoms with van der Waals surface area (Å²) in [5.74, 6) is -1.44. The second kappa shape index (κ2) is 11.1. The molecule has 1 unspecified atom stereocenters. The van der Waals surface area contributed by atoms with Gasteiger partial charge in [0.15, 0.2) is 0 Å². The van der Waals surface area contributed by atoms with Crippen LogP contribution in [0.2, 0.25) is 5.02 Å². The van der Waals surface area contributed by atoms with Crippen LogP contribution >= 0.6 is 11.6 Å². The number of hydrogen-bond donors (Lipinski definition) is 1. The fraction of sp³-hybridized carbons (Fsp3) is 0.333. The summed E-state index contributed by atoms with van der Waals surface area (Å²) in [6.07, 6.45) is 2.67. The second-order valence-electron chi connectivity index (χ2n) is 8.88. The Hall–Kier alpha value is -3.55. The fourth-order valence-corrected chi connectivity index (χ4v) is 5.54. The molecule has 0 bridgehead atoms. The number of carbonyl (C=O) groups is 2. The lowest BCUT2D eigenvalue weighted by molar-refractivity contribution is -0.151. The van der Waals surface area contributed by atoms with Crippen molar-refractivity contribution in [2.45, 2.75) is 24.9 Å². The zero-order valence-corrected chi connectivity index (χ0v) is 22.3. The van der Waals surface area contributed by atoms with Crippen LogP contribution in [0.1, 0.15) is 12.0 Å². The minimum absolute atomic E-state index is 0.0416. The molecule has 1 aromatic carbocycles. The number of likely N-dealkylation sites (tertiary alicyclic amines) is 1. The number of nitrogen functional groups attached to an aromatic ring is 1. The molecule has 4 rings (SSSR count). The lowest BCUT2D eigenvalue weighted by Crippen LogP contribution is -2.49. The number of benzene rings is 1. The number of hydrogen-bond acceptors (Lipinski definition) is 9. The Morgan fingerprint density at radius 3 is 2.74 bits per heavy atom. The number of rotatable bonds is 8. The number of halogens is 2. The standard InChI is InChI=1S/C24H26ClFN6O5S/c1-30(2)22-17(25)10-15(12-29-22)32(38(35)36)19-5-7-31(23(19)33)20(24(34)37-3)9-14-8-13-4-6-28-21(27)16(13)11-18(14)26/h4,6,8,10-12,19-20H,5,7,9H2,1-3H3,(H2,27,28)(H,35,36)/p-1/t19-,20+/m0/s1. The van der Waals surface area contributed by atoms with Crippen LogP contribution in [0, 0.1) is 5.82 Å². The van der Waals surface area contributed by atoms with Crippen molar-refractivity contribution >= 4 is 62.8 Å². The van der Waals surface area contributed by atoms with Crippen LogP contribution in [-0.4, -0.2) is 75.3 Å². The highest BCUT2D eigenvalue weighted by Gasteiger charge is 2.43. The van der Waals surface area contributed by atoms with Gasteiger partial charge in [0.1, 0.15) is 29.5 Å². The van der Waals surface area contributed by atoms with E-state index in [9.17, 15) is 18.4 Å². The van der Waals surface area contributed by atoms with E-state index in [0.717, 1.165) is 11.4 Å². The van der Waals surface area contributed by atoms with Crippen molar-refractivity contribution in [1.29, 1.82) is 0 Å². The first-order chi connectivity index (χ1) is 18.0. The third-order valence-electron chi connectivity index (χ3n) is 6.37. The number of pyridine rings is 2. The van der Waals surface area contributed by atoms with Gasteiger partial charge in [-0.1, -0.05) is 11.6 Å². The monoisotopic (exact) mass is 563 g/mol. The van der Waals surface area contributed by atoms with E-state index >= 15 is 4.39 Å². The van der Waals surface area contributed by atoms with Gasteiger partial charge in [0, 0.05) is 49.9 Å². The molecule has 1 amide bonds. The maximum atomic E-state index is 15.0. The summed E-state index contributed by atoms with van der Waals surface area (Å²) in [7, 11) is 4.62. The van der Waals surface area contributed by atoms with E-state index < -0.39 is 41.0 Å². The zero-order chi connectivity index (χ0) is 27.7. The van der Waals surface area contributed by atoms with Gasteiger partial charge in [0.25, 0.3) is 0 Å². The van der Waals surface area contributed by atoms with Gasteiger partial charge in [-0.25, -0.2) is 19.2 Å². The van der Waals surface area contributed by atoms with Crippen molar-refractivity contribution in [3.8, 4) is 0 Å². The van der Waals surface area contributed by atoms with E-state index in [1.807, 2.05) is 0 Å². The van der Waals surface area contributed by atoms with E-state index in [4.69, 9.17) is 22.1 Å². The molecule has 1 saturated heterocycles. The number of aromatic nitrogens is 2. The average molecular weight is 564 g/mol. The maximum Gasteiger partial charge on any atom is 0.328 e. The normalized spacial score (nSPS) is 16.9. The Morgan fingerprint density at radius 1 is 1.37 bits per heavy atom. The Bertz CT molecular complexity index is 1430. The van der Waals surface area contributed by atoms with Gasteiger partial charge in [-0.3, -0.25) is 13.3 Å². The van der Waals surface area contributed by atoms with Crippen LogP contribution in [0.3, 0.4) is 0 Å². The minimum atomic E-state index is -2.86. The van der Waals surface area contributed by atoms with Crippen LogP contribution in [-0.2, 0) is 32.0 Å². The highest BCUT2D eigenvalue weighted by molar-refractivity contribution is 7.80. The van der Waals surface area contributed by atoms with E-state index in [-0.39, 0.29) is 41.5 Å². The molecular formula is C24H25ClFN6O5S-. The molecule has 3 heterocycles. The average Bonchev–Trinajstić information content (AvgIpc) is 3.23. The van der Waals surface area contributed by atoms with Gasteiger partial charge < -0.3 is 24.8 Å². The Kier molecular flexibility index (Phi) is 7.99. The highest BCUT2D eigenvalue weighted by Crippen LogP contribution is 2.32. The number of methoxy groups -OCH3 is 1. The van der Waals surface area contributed by atoms with E-state index in [2.05, 4.69) is 9.97 Å². The zero-order valence-electron chi connectivity index (χ0n) is 20.8. The number of amides is 1. The smallest absolute Gasteiger partial charge is 0.328 e. The number of nitrogens with two attached hydrogens (primary N) is 1. The first-order valence-corrected chi connectivity index (χ1v) is 12.9. The first kappa shape index (κ1) is 27.5. The molecule has 0 spiro atoms. The third-order valence-corrected chi connectivity index (χ3v) is 7.43. The van der Waals surface area contributed by atoms with Crippen LogP contribution in [0.15, 0.2) is 36.7 Å². The Morgan fingerprint density at radius 2 is 2.11 bits per heavy atom. The SMILES string of the molecule is COC(=O)[C@@H](Cc1cc2ccnc(N)c2cc1F)N1CC[C@H](N(c2cnc(N(C)C)c(Cl)c2)S(=O)[O-])C1=O. The topological polar surface area (TPSA) is 145 Å². The summed E-state index contributed by atoms with van der Waals surface area (Å²) in [5.41, 5.74) is 6.09. The van der Waals surface area contributed by atoms with Crippen molar-refractivity contribution in [2.24, 2.45) is 0 Å². The van der Waals surface area contributed by atoms with Crippen molar-refractivity contribution < 1.29 is 27.5 Å².